The van der Waals surface area contributed by atoms with Crippen LogP contribution >= 0.6 is 0 Å². The van der Waals surface area contributed by atoms with Crippen LogP contribution in [0.2, 0.25) is 0 Å². The molecule has 5 nitrogen and oxygen atoms in total. The summed E-state index contributed by atoms with van der Waals surface area (Å²) < 4.78 is 0. The lowest BCUT2D eigenvalue weighted by Crippen LogP contribution is -1.97. The van der Waals surface area contributed by atoms with Crippen LogP contribution in [0.25, 0.3) is 21.9 Å². The molecule has 2 aromatic heterocycles. The van der Waals surface area contributed by atoms with Gasteiger partial charge in [0.1, 0.15) is 17.4 Å². The highest BCUT2D eigenvalue weighted by Crippen LogP contribution is 2.26. The molecular weight excluding hydrogens is 226 g/mol. The van der Waals surface area contributed by atoms with Crippen LogP contribution in [0.15, 0.2) is 35.7 Å². The molecule has 0 amide bonds. The fourth-order valence-corrected chi connectivity index (χ4v) is 1.89. The van der Waals surface area contributed by atoms with Crippen molar-refractivity contribution < 1.29 is 0 Å². The lowest BCUT2D eigenvalue weighted by Gasteiger charge is -2.00. The Hall–Kier alpha value is -2.43. The number of hydrogen-bond donors (Lipinski definition) is 2. The molecule has 0 spiro atoms. The number of benzene rings is 1. The maximum atomic E-state index is 4.33. The number of nitrogens with zero attached hydrogens (tertiary/aromatic N) is 3. The third kappa shape index (κ3) is 1.69. The molecular formula is C13H13N5. The summed E-state index contributed by atoms with van der Waals surface area (Å²) in [5.74, 6) is 0.692. The average Bonchev–Trinajstić information content (AvgIpc) is 2.75. The molecule has 0 saturated heterocycles. The predicted molar refractivity (Wildman–Crippen MR) is 73.8 cm³/mol. The van der Waals surface area contributed by atoms with Gasteiger partial charge >= 0.3 is 0 Å². The molecule has 5 heteroatoms. The third-order valence-corrected chi connectivity index (χ3v) is 2.67. The minimum atomic E-state index is 0.692. The van der Waals surface area contributed by atoms with Gasteiger partial charge < -0.3 is 4.98 Å². The second-order valence-electron chi connectivity index (χ2n) is 4.29. The van der Waals surface area contributed by atoms with Crippen molar-refractivity contribution in [3.63, 3.8) is 0 Å². The maximum absolute atomic E-state index is 4.33. The number of aromatic amines is 1. The summed E-state index contributed by atoms with van der Waals surface area (Å²) in [7, 11) is 0. The Balaban J connectivity index is 2.24. The molecule has 0 aliphatic heterocycles. The Morgan fingerprint density at radius 3 is 2.89 bits per heavy atom. The molecule has 0 aliphatic carbocycles. The highest BCUT2D eigenvalue weighted by Gasteiger charge is 2.09. The van der Waals surface area contributed by atoms with E-state index in [1.54, 1.807) is 6.33 Å². The van der Waals surface area contributed by atoms with Crippen LogP contribution in [-0.2, 0) is 0 Å². The zero-order chi connectivity index (χ0) is 12.5. The van der Waals surface area contributed by atoms with Crippen molar-refractivity contribution in [2.45, 2.75) is 13.8 Å². The molecule has 90 valence electrons. The Labute approximate surface area is 104 Å². The third-order valence-electron chi connectivity index (χ3n) is 2.67. The zero-order valence-electron chi connectivity index (χ0n) is 10.2. The van der Waals surface area contributed by atoms with Gasteiger partial charge in [-0.2, -0.15) is 5.10 Å². The average molecular weight is 239 g/mol. The van der Waals surface area contributed by atoms with Crippen LogP contribution in [0.3, 0.4) is 0 Å². The molecule has 0 unspecified atom stereocenters. The molecule has 3 aromatic rings. The van der Waals surface area contributed by atoms with Crippen molar-refractivity contribution in [3.8, 4) is 0 Å². The van der Waals surface area contributed by atoms with Gasteiger partial charge in [-0.1, -0.05) is 18.2 Å². The number of para-hydroxylation sites is 1. The number of hydrogen-bond acceptors (Lipinski definition) is 4. The highest BCUT2D eigenvalue weighted by atomic mass is 15.3. The van der Waals surface area contributed by atoms with Crippen LogP contribution in [0.5, 0.6) is 0 Å². The van der Waals surface area contributed by atoms with E-state index in [-0.39, 0.29) is 0 Å². The van der Waals surface area contributed by atoms with E-state index >= 15 is 0 Å². The normalized spacial score (nSPS) is 10.8. The summed E-state index contributed by atoms with van der Waals surface area (Å²) in [4.78, 5) is 11.9. The summed E-state index contributed by atoms with van der Waals surface area (Å²) in [6.07, 6.45) is 1.55. The monoisotopic (exact) mass is 239 g/mol. The predicted octanol–water partition coefficient (Wildman–Crippen LogP) is 2.92. The Morgan fingerprint density at radius 1 is 1.22 bits per heavy atom. The van der Waals surface area contributed by atoms with Crippen LogP contribution in [0, 0.1) is 0 Å². The van der Waals surface area contributed by atoms with E-state index < -0.39 is 0 Å². The van der Waals surface area contributed by atoms with Crippen molar-refractivity contribution >= 4 is 33.5 Å². The van der Waals surface area contributed by atoms with E-state index in [4.69, 9.17) is 0 Å². The van der Waals surface area contributed by atoms with Crippen molar-refractivity contribution in [2.75, 3.05) is 5.43 Å². The summed E-state index contributed by atoms with van der Waals surface area (Å²) in [5, 5.41) is 5.26. The van der Waals surface area contributed by atoms with E-state index in [1.807, 2.05) is 38.1 Å². The minimum absolute atomic E-state index is 0.692. The number of rotatable bonds is 2. The second kappa shape index (κ2) is 4.10. The van der Waals surface area contributed by atoms with Gasteiger partial charge in [-0.05, 0) is 19.9 Å². The van der Waals surface area contributed by atoms with Gasteiger partial charge in [-0.25, -0.2) is 9.97 Å². The number of fused-ring (bicyclic) bond motifs is 3. The van der Waals surface area contributed by atoms with Crippen molar-refractivity contribution in [1.29, 1.82) is 0 Å². The fourth-order valence-electron chi connectivity index (χ4n) is 1.89. The standard InChI is InChI=1S/C13H13N5/c1-8(2)17-18-13-12-11(14-7-15-13)9-5-3-4-6-10(9)16-12/h3-7,16H,1-2H3,(H,14,15,18). The quantitative estimate of drug-likeness (QED) is 0.533. The zero-order valence-corrected chi connectivity index (χ0v) is 10.2. The van der Waals surface area contributed by atoms with Crippen LogP contribution in [0.4, 0.5) is 5.82 Å². The number of hydrazone groups is 1. The van der Waals surface area contributed by atoms with E-state index in [0.29, 0.717) is 5.82 Å². The fraction of sp³-hybridized carbons (Fsp3) is 0.154. The summed E-state index contributed by atoms with van der Waals surface area (Å²) in [6.45, 7) is 3.85. The van der Waals surface area contributed by atoms with Crippen molar-refractivity contribution in [1.82, 2.24) is 15.0 Å². The molecule has 18 heavy (non-hydrogen) atoms. The Morgan fingerprint density at radius 2 is 2.06 bits per heavy atom. The molecule has 1 aromatic carbocycles. The first-order valence-electron chi connectivity index (χ1n) is 5.74. The van der Waals surface area contributed by atoms with Gasteiger partial charge in [0, 0.05) is 16.6 Å². The molecule has 3 rings (SSSR count). The molecule has 0 aliphatic rings. The lowest BCUT2D eigenvalue weighted by molar-refractivity contribution is 1.17. The van der Waals surface area contributed by atoms with E-state index in [0.717, 1.165) is 27.6 Å². The Kier molecular flexibility index (Phi) is 2.44. The minimum Gasteiger partial charge on any atom is -0.350 e. The summed E-state index contributed by atoms with van der Waals surface area (Å²) in [5.41, 5.74) is 6.73. The van der Waals surface area contributed by atoms with Crippen molar-refractivity contribution in [2.24, 2.45) is 5.10 Å². The van der Waals surface area contributed by atoms with E-state index in [2.05, 4.69) is 25.5 Å². The summed E-state index contributed by atoms with van der Waals surface area (Å²) >= 11 is 0. The summed E-state index contributed by atoms with van der Waals surface area (Å²) in [6, 6.07) is 8.06. The van der Waals surface area contributed by atoms with Gasteiger partial charge in [-0.3, -0.25) is 5.43 Å². The number of anilines is 1. The van der Waals surface area contributed by atoms with E-state index in [1.165, 1.54) is 0 Å². The maximum Gasteiger partial charge on any atom is 0.174 e. The van der Waals surface area contributed by atoms with Gasteiger partial charge in [0.25, 0.3) is 0 Å². The highest BCUT2D eigenvalue weighted by molar-refractivity contribution is 6.07. The first-order chi connectivity index (χ1) is 8.75. The van der Waals surface area contributed by atoms with Crippen molar-refractivity contribution in [3.05, 3.63) is 30.6 Å². The largest absolute Gasteiger partial charge is 0.350 e. The SMILES string of the molecule is CC(C)=NNc1ncnc2c1[nH]c1ccccc12. The number of nitrogens with one attached hydrogen (secondary N) is 2. The molecule has 0 fully saturated rings. The first kappa shape index (κ1) is 10.7. The molecule has 2 N–H and O–H groups in total. The van der Waals surface area contributed by atoms with Gasteiger partial charge in [0.2, 0.25) is 0 Å². The lowest BCUT2D eigenvalue weighted by atomic mass is 10.2. The first-order valence-corrected chi connectivity index (χ1v) is 5.74. The topological polar surface area (TPSA) is 66.0 Å². The van der Waals surface area contributed by atoms with E-state index in [9.17, 15) is 0 Å². The Bertz CT molecular complexity index is 737. The van der Waals surface area contributed by atoms with Crippen LogP contribution in [-0.4, -0.2) is 20.7 Å². The van der Waals surface area contributed by atoms with Crippen LogP contribution < -0.4 is 5.43 Å². The molecule has 2 heterocycles. The van der Waals surface area contributed by atoms with Gasteiger partial charge in [-0.15, -0.1) is 0 Å². The molecule has 0 radical (unpaired) electrons. The molecule has 0 atom stereocenters. The molecule has 0 bridgehead atoms. The number of H-pyrrole nitrogens is 1. The smallest absolute Gasteiger partial charge is 0.174 e. The second-order valence-corrected chi connectivity index (χ2v) is 4.29. The van der Waals surface area contributed by atoms with Gasteiger partial charge in [0.05, 0.1) is 0 Å². The number of aromatic nitrogens is 3. The van der Waals surface area contributed by atoms with Crippen LogP contribution in [0.1, 0.15) is 13.8 Å². The van der Waals surface area contributed by atoms with Gasteiger partial charge in [0.15, 0.2) is 5.82 Å². The molecule has 0 saturated carbocycles.